The summed E-state index contributed by atoms with van der Waals surface area (Å²) in [6, 6.07) is 14.2. The summed E-state index contributed by atoms with van der Waals surface area (Å²) in [5.74, 6) is 0.793. The van der Waals surface area contributed by atoms with Crippen LogP contribution in [0.2, 0.25) is 0 Å². The molecule has 1 fully saturated rings. The maximum Gasteiger partial charge on any atom is 0.252 e. The van der Waals surface area contributed by atoms with Crippen molar-refractivity contribution in [2.24, 2.45) is 0 Å². The van der Waals surface area contributed by atoms with Crippen molar-refractivity contribution in [3.63, 3.8) is 0 Å². The van der Waals surface area contributed by atoms with E-state index in [4.69, 9.17) is 4.74 Å². The molecule has 1 unspecified atom stereocenters. The van der Waals surface area contributed by atoms with Gasteiger partial charge in [-0.25, -0.2) is 9.97 Å². The first-order valence-electron chi connectivity index (χ1n) is 10.5. The van der Waals surface area contributed by atoms with E-state index >= 15 is 0 Å². The fourth-order valence-corrected chi connectivity index (χ4v) is 3.51. The summed E-state index contributed by atoms with van der Waals surface area (Å²) in [7, 11) is 1.63. The number of hydrogen-bond donors (Lipinski definition) is 3. The zero-order valence-corrected chi connectivity index (χ0v) is 17.8. The van der Waals surface area contributed by atoms with Crippen LogP contribution >= 0.6 is 0 Å². The molecule has 3 aromatic rings. The molecule has 2 amide bonds. The van der Waals surface area contributed by atoms with Gasteiger partial charge in [-0.1, -0.05) is 18.2 Å². The monoisotopic (exact) mass is 431 g/mol. The Labute approximate surface area is 186 Å². The Morgan fingerprint density at radius 2 is 1.84 bits per heavy atom. The van der Waals surface area contributed by atoms with Gasteiger partial charge in [-0.2, -0.15) is 0 Å². The Hall–Kier alpha value is -3.94. The number of carbonyl (C=O) groups is 2. The fourth-order valence-electron chi connectivity index (χ4n) is 3.51. The van der Waals surface area contributed by atoms with E-state index in [0.29, 0.717) is 30.2 Å². The largest absolute Gasteiger partial charge is 0.497 e. The summed E-state index contributed by atoms with van der Waals surface area (Å²) in [5.41, 5.74) is 3.01. The second-order valence-electron chi connectivity index (χ2n) is 7.54. The molecule has 3 N–H and O–H groups in total. The number of methoxy groups -OCH3 is 1. The lowest BCUT2D eigenvalue weighted by molar-refractivity contribution is -0.122. The number of hydrogen-bond acceptors (Lipinski definition) is 6. The van der Waals surface area contributed by atoms with E-state index in [1.165, 1.54) is 0 Å². The molecule has 0 bridgehead atoms. The van der Waals surface area contributed by atoms with Gasteiger partial charge in [0, 0.05) is 35.8 Å². The van der Waals surface area contributed by atoms with Gasteiger partial charge < -0.3 is 20.7 Å². The van der Waals surface area contributed by atoms with Crippen molar-refractivity contribution in [2.45, 2.75) is 25.3 Å². The first kappa shape index (κ1) is 21.3. The molecule has 0 spiro atoms. The van der Waals surface area contributed by atoms with Crippen molar-refractivity contribution in [3.05, 3.63) is 66.5 Å². The molecule has 1 atom stereocenters. The Morgan fingerprint density at radius 3 is 2.59 bits per heavy atom. The number of carbonyl (C=O) groups excluding carboxylic acids is 2. The lowest BCUT2D eigenvalue weighted by atomic mass is 10.1. The third-order valence-electron chi connectivity index (χ3n) is 5.30. The Bertz CT molecular complexity index is 1080. The Kier molecular flexibility index (Phi) is 6.60. The molecule has 2 heterocycles. The normalized spacial score (nSPS) is 15.9. The molecule has 1 aliphatic rings. The topological polar surface area (TPSA) is 105 Å². The standard InChI is InChI=1S/C24H25N5O3/c1-32-20-10-8-16(9-11-20)18-14-26-24(27-15-18)28-19-6-4-5-17(13-19)22(30)29-21-7-2-3-12-25-23(21)31/h4-6,8-11,13-15,21H,2-3,7,12H2,1H3,(H,25,31)(H,29,30)(H,26,27,28). The van der Waals surface area contributed by atoms with Crippen LogP contribution in [-0.4, -0.2) is 41.5 Å². The van der Waals surface area contributed by atoms with Gasteiger partial charge in [0.25, 0.3) is 5.91 Å². The quantitative estimate of drug-likeness (QED) is 0.553. The number of benzene rings is 2. The minimum atomic E-state index is -0.504. The molecule has 2 aromatic carbocycles. The summed E-state index contributed by atoms with van der Waals surface area (Å²) in [6.07, 6.45) is 5.94. The van der Waals surface area contributed by atoms with Crippen LogP contribution in [0, 0.1) is 0 Å². The third kappa shape index (κ3) is 5.21. The molecular formula is C24H25N5O3. The second-order valence-corrected chi connectivity index (χ2v) is 7.54. The van der Waals surface area contributed by atoms with E-state index in [9.17, 15) is 9.59 Å². The number of nitrogens with one attached hydrogen (secondary N) is 3. The van der Waals surface area contributed by atoms with Gasteiger partial charge in [0.2, 0.25) is 11.9 Å². The molecule has 32 heavy (non-hydrogen) atoms. The number of anilines is 2. The van der Waals surface area contributed by atoms with Gasteiger partial charge in [0.15, 0.2) is 0 Å². The predicted molar refractivity (Wildman–Crippen MR) is 122 cm³/mol. The van der Waals surface area contributed by atoms with Crippen LogP contribution in [0.5, 0.6) is 5.75 Å². The lowest BCUT2D eigenvalue weighted by Gasteiger charge is -2.15. The molecule has 8 nitrogen and oxygen atoms in total. The fraction of sp³-hybridized carbons (Fsp3) is 0.250. The van der Waals surface area contributed by atoms with Crippen molar-refractivity contribution in [1.29, 1.82) is 0 Å². The smallest absolute Gasteiger partial charge is 0.252 e. The summed E-state index contributed by atoms with van der Waals surface area (Å²) < 4.78 is 5.18. The van der Waals surface area contributed by atoms with E-state index in [1.54, 1.807) is 37.7 Å². The molecule has 1 aromatic heterocycles. The molecule has 8 heteroatoms. The summed E-state index contributed by atoms with van der Waals surface area (Å²) in [4.78, 5) is 33.5. The first-order chi connectivity index (χ1) is 15.6. The van der Waals surface area contributed by atoms with Crippen molar-refractivity contribution < 1.29 is 14.3 Å². The van der Waals surface area contributed by atoms with Crippen LogP contribution in [0.25, 0.3) is 11.1 Å². The lowest BCUT2D eigenvalue weighted by Crippen LogP contribution is -2.45. The summed E-state index contributed by atoms with van der Waals surface area (Å²) in [5, 5.41) is 8.78. The minimum absolute atomic E-state index is 0.129. The number of ether oxygens (including phenoxy) is 1. The summed E-state index contributed by atoms with van der Waals surface area (Å²) in [6.45, 7) is 0.655. The van der Waals surface area contributed by atoms with Gasteiger partial charge in [0.1, 0.15) is 11.8 Å². The highest BCUT2D eigenvalue weighted by Gasteiger charge is 2.22. The minimum Gasteiger partial charge on any atom is -0.497 e. The van der Waals surface area contributed by atoms with Gasteiger partial charge in [0.05, 0.1) is 7.11 Å². The van der Waals surface area contributed by atoms with E-state index in [2.05, 4.69) is 25.9 Å². The van der Waals surface area contributed by atoms with Crippen LogP contribution in [0.1, 0.15) is 29.6 Å². The highest BCUT2D eigenvalue weighted by molar-refractivity contribution is 5.98. The zero-order valence-electron chi connectivity index (χ0n) is 17.8. The average Bonchev–Trinajstić information content (AvgIpc) is 3.04. The molecule has 0 radical (unpaired) electrons. The molecule has 0 aliphatic carbocycles. The second kappa shape index (κ2) is 9.91. The molecule has 1 saturated heterocycles. The number of rotatable bonds is 6. The van der Waals surface area contributed by atoms with Gasteiger partial charge in [-0.3, -0.25) is 9.59 Å². The molecule has 1 aliphatic heterocycles. The maximum atomic E-state index is 12.7. The van der Waals surface area contributed by atoms with E-state index in [-0.39, 0.29) is 11.8 Å². The molecule has 4 rings (SSSR count). The third-order valence-corrected chi connectivity index (χ3v) is 5.30. The SMILES string of the molecule is COc1ccc(-c2cnc(Nc3cccc(C(=O)NC4CCCCNC4=O)c3)nc2)cc1. The number of aromatic nitrogens is 2. The van der Waals surface area contributed by atoms with Gasteiger partial charge in [-0.05, 0) is 55.2 Å². The predicted octanol–water partition coefficient (Wildman–Crippen LogP) is 3.29. The van der Waals surface area contributed by atoms with Crippen molar-refractivity contribution >= 4 is 23.5 Å². The van der Waals surface area contributed by atoms with Crippen LogP contribution in [0.3, 0.4) is 0 Å². The van der Waals surface area contributed by atoms with E-state index < -0.39 is 6.04 Å². The Balaban J connectivity index is 1.42. The molecule has 0 saturated carbocycles. The molecular weight excluding hydrogens is 406 g/mol. The van der Waals surface area contributed by atoms with Crippen molar-refractivity contribution in [1.82, 2.24) is 20.6 Å². The van der Waals surface area contributed by atoms with Gasteiger partial charge in [-0.15, -0.1) is 0 Å². The summed E-state index contributed by atoms with van der Waals surface area (Å²) >= 11 is 0. The van der Waals surface area contributed by atoms with Crippen LogP contribution < -0.4 is 20.7 Å². The Morgan fingerprint density at radius 1 is 1.06 bits per heavy atom. The molecule has 164 valence electrons. The highest BCUT2D eigenvalue weighted by Crippen LogP contribution is 2.22. The van der Waals surface area contributed by atoms with Crippen LogP contribution in [0.4, 0.5) is 11.6 Å². The number of nitrogens with zero attached hydrogens (tertiary/aromatic N) is 2. The van der Waals surface area contributed by atoms with Crippen molar-refractivity contribution in [3.8, 4) is 16.9 Å². The van der Waals surface area contributed by atoms with Gasteiger partial charge >= 0.3 is 0 Å². The van der Waals surface area contributed by atoms with Crippen LogP contribution in [0.15, 0.2) is 60.9 Å². The van der Waals surface area contributed by atoms with Crippen molar-refractivity contribution in [2.75, 3.05) is 19.0 Å². The average molecular weight is 431 g/mol. The van der Waals surface area contributed by atoms with Crippen LogP contribution in [-0.2, 0) is 4.79 Å². The zero-order chi connectivity index (χ0) is 22.3. The maximum absolute atomic E-state index is 12.7. The highest BCUT2D eigenvalue weighted by atomic mass is 16.5. The van der Waals surface area contributed by atoms with E-state index in [1.807, 2.05) is 30.3 Å². The number of amides is 2. The first-order valence-corrected chi connectivity index (χ1v) is 10.5. The van der Waals surface area contributed by atoms with E-state index in [0.717, 1.165) is 29.7 Å².